The zero-order chi connectivity index (χ0) is 28.4. The summed E-state index contributed by atoms with van der Waals surface area (Å²) in [6.07, 6.45) is 2.14. The van der Waals surface area contributed by atoms with E-state index in [1.165, 1.54) is 29.2 Å². The Balaban J connectivity index is 2.00. The molecule has 0 spiro atoms. The zero-order valence-corrected chi connectivity index (χ0v) is 24.2. The number of hydrogen-bond donors (Lipinski definition) is 1. The largest absolute Gasteiger partial charge is 0.354 e. The molecule has 0 aliphatic heterocycles. The molecule has 9 heteroatoms. The summed E-state index contributed by atoms with van der Waals surface area (Å²) in [7, 11) is -4.12. The fourth-order valence-electron chi connectivity index (χ4n) is 4.17. The normalized spacial score (nSPS) is 12.0. The molecule has 1 atom stereocenters. The van der Waals surface area contributed by atoms with E-state index in [4.69, 9.17) is 11.6 Å². The van der Waals surface area contributed by atoms with Gasteiger partial charge in [0.15, 0.2) is 0 Å². The summed E-state index contributed by atoms with van der Waals surface area (Å²) in [5.41, 5.74) is 2.27. The molecule has 0 radical (unpaired) electrons. The van der Waals surface area contributed by atoms with Crippen LogP contribution in [0, 0.1) is 6.92 Å². The lowest BCUT2D eigenvalue weighted by Gasteiger charge is -2.33. The second-order valence-corrected chi connectivity index (χ2v) is 11.7. The second kappa shape index (κ2) is 14.1. The van der Waals surface area contributed by atoms with E-state index >= 15 is 0 Å². The molecule has 1 N–H and O–H groups in total. The summed E-state index contributed by atoms with van der Waals surface area (Å²) in [4.78, 5) is 28.7. The molecule has 3 aromatic carbocycles. The first-order chi connectivity index (χ1) is 18.7. The molecule has 0 saturated heterocycles. The van der Waals surface area contributed by atoms with E-state index in [-0.39, 0.29) is 17.3 Å². The van der Waals surface area contributed by atoms with Gasteiger partial charge in [0.2, 0.25) is 11.8 Å². The summed E-state index contributed by atoms with van der Waals surface area (Å²) >= 11 is 5.99. The number of nitrogens with one attached hydrogen (secondary N) is 1. The third-order valence-electron chi connectivity index (χ3n) is 6.41. The number of para-hydroxylation sites is 1. The van der Waals surface area contributed by atoms with Crippen LogP contribution in [-0.4, -0.2) is 44.3 Å². The predicted octanol–water partition coefficient (Wildman–Crippen LogP) is 5.57. The third kappa shape index (κ3) is 8.07. The van der Waals surface area contributed by atoms with Crippen molar-refractivity contribution >= 4 is 39.1 Å². The van der Waals surface area contributed by atoms with Gasteiger partial charge in [-0.1, -0.05) is 79.9 Å². The van der Waals surface area contributed by atoms with Crippen LogP contribution in [0.25, 0.3) is 0 Å². The highest BCUT2D eigenvalue weighted by molar-refractivity contribution is 7.92. The molecular weight excluding hydrogens is 534 g/mol. The van der Waals surface area contributed by atoms with Gasteiger partial charge < -0.3 is 10.2 Å². The minimum absolute atomic E-state index is 0.0120. The Hall–Kier alpha value is -3.36. The average Bonchev–Trinajstić information content (AvgIpc) is 2.93. The molecule has 3 rings (SSSR count). The number of aryl methyl sites for hydroxylation is 1. The molecule has 3 aromatic rings. The molecule has 0 aromatic heterocycles. The van der Waals surface area contributed by atoms with Gasteiger partial charge in [-0.3, -0.25) is 13.9 Å². The number of amides is 2. The first-order valence-corrected chi connectivity index (χ1v) is 14.9. The highest BCUT2D eigenvalue weighted by Gasteiger charge is 2.33. The maximum atomic E-state index is 14.0. The molecule has 0 fully saturated rings. The number of hydrogen-bond acceptors (Lipinski definition) is 4. The van der Waals surface area contributed by atoms with Gasteiger partial charge in [-0.25, -0.2) is 8.42 Å². The molecule has 39 heavy (non-hydrogen) atoms. The predicted molar refractivity (Wildman–Crippen MR) is 156 cm³/mol. The van der Waals surface area contributed by atoms with E-state index in [0.29, 0.717) is 23.7 Å². The lowest BCUT2D eigenvalue weighted by Crippen LogP contribution is -2.52. The SMILES string of the molecule is CCCCNC(=O)C(CC)N(Cc1ccc(C)cc1)C(=O)CN(c1ccccc1)S(=O)(=O)c1ccc(Cl)cc1. The summed E-state index contributed by atoms with van der Waals surface area (Å²) in [5.74, 6) is -0.729. The van der Waals surface area contributed by atoms with E-state index in [9.17, 15) is 18.0 Å². The van der Waals surface area contributed by atoms with Gasteiger partial charge in [-0.2, -0.15) is 0 Å². The van der Waals surface area contributed by atoms with Gasteiger partial charge in [0.25, 0.3) is 10.0 Å². The maximum Gasteiger partial charge on any atom is 0.264 e. The Morgan fingerprint density at radius 1 is 0.923 bits per heavy atom. The number of benzene rings is 3. The molecule has 2 amide bonds. The monoisotopic (exact) mass is 569 g/mol. The van der Waals surface area contributed by atoms with Gasteiger partial charge in [0, 0.05) is 18.1 Å². The highest BCUT2D eigenvalue weighted by Crippen LogP contribution is 2.25. The lowest BCUT2D eigenvalue weighted by molar-refractivity contribution is -0.140. The summed E-state index contributed by atoms with van der Waals surface area (Å²) < 4.78 is 28.6. The van der Waals surface area contributed by atoms with Crippen molar-refractivity contribution in [3.05, 3.63) is 95.0 Å². The van der Waals surface area contributed by atoms with Gasteiger partial charge in [-0.15, -0.1) is 0 Å². The molecule has 1 unspecified atom stereocenters. The van der Waals surface area contributed by atoms with Crippen molar-refractivity contribution in [3.63, 3.8) is 0 Å². The number of anilines is 1. The van der Waals surface area contributed by atoms with Gasteiger partial charge in [-0.05, 0) is 61.7 Å². The number of halogens is 1. The Bertz CT molecular complexity index is 1330. The van der Waals surface area contributed by atoms with Crippen LogP contribution in [0.3, 0.4) is 0 Å². The van der Waals surface area contributed by atoms with Crippen LogP contribution < -0.4 is 9.62 Å². The Morgan fingerprint density at radius 2 is 1.56 bits per heavy atom. The molecule has 208 valence electrons. The van der Waals surface area contributed by atoms with E-state index in [0.717, 1.165) is 28.3 Å². The van der Waals surface area contributed by atoms with Crippen molar-refractivity contribution in [2.75, 3.05) is 17.4 Å². The topological polar surface area (TPSA) is 86.8 Å². The van der Waals surface area contributed by atoms with Crippen LogP contribution in [0.4, 0.5) is 5.69 Å². The first kappa shape index (κ1) is 30.2. The average molecular weight is 570 g/mol. The summed E-state index contributed by atoms with van der Waals surface area (Å²) in [5, 5.41) is 3.34. The lowest BCUT2D eigenvalue weighted by atomic mass is 10.1. The molecule has 0 aliphatic carbocycles. The van der Waals surface area contributed by atoms with Crippen molar-refractivity contribution in [2.24, 2.45) is 0 Å². The summed E-state index contributed by atoms with van der Waals surface area (Å²) in [6, 6.07) is 21.3. The summed E-state index contributed by atoms with van der Waals surface area (Å²) in [6.45, 7) is 6.07. The fraction of sp³-hybridized carbons (Fsp3) is 0.333. The van der Waals surface area contributed by atoms with Crippen LogP contribution in [0.5, 0.6) is 0 Å². The number of rotatable bonds is 13. The van der Waals surface area contributed by atoms with E-state index in [2.05, 4.69) is 5.32 Å². The van der Waals surface area contributed by atoms with E-state index in [1.807, 2.05) is 45.0 Å². The second-order valence-electron chi connectivity index (χ2n) is 9.38. The molecule has 0 heterocycles. The van der Waals surface area contributed by atoms with Crippen LogP contribution >= 0.6 is 11.6 Å². The molecule has 7 nitrogen and oxygen atoms in total. The van der Waals surface area contributed by atoms with Gasteiger partial charge >= 0.3 is 0 Å². The Morgan fingerprint density at radius 3 is 2.15 bits per heavy atom. The standard InChI is InChI=1S/C30H36ClN3O4S/c1-4-6-20-32-30(36)28(5-2)33(21-24-14-12-23(3)13-15-24)29(35)22-34(26-10-8-7-9-11-26)39(37,38)27-18-16-25(31)17-19-27/h7-19,28H,4-6,20-22H2,1-3H3,(H,32,36). The number of nitrogens with zero attached hydrogens (tertiary/aromatic N) is 2. The minimum atomic E-state index is -4.12. The smallest absolute Gasteiger partial charge is 0.264 e. The Labute approximate surface area is 236 Å². The first-order valence-electron chi connectivity index (χ1n) is 13.1. The van der Waals surface area contributed by atoms with Crippen LogP contribution in [0.2, 0.25) is 5.02 Å². The van der Waals surface area contributed by atoms with Gasteiger partial charge in [0.1, 0.15) is 12.6 Å². The van der Waals surface area contributed by atoms with Crippen LogP contribution in [0.1, 0.15) is 44.2 Å². The molecule has 0 saturated carbocycles. The maximum absolute atomic E-state index is 14.0. The van der Waals surface area contributed by atoms with Crippen molar-refractivity contribution in [1.82, 2.24) is 10.2 Å². The van der Waals surface area contributed by atoms with Crippen LogP contribution in [-0.2, 0) is 26.2 Å². The van der Waals surface area contributed by atoms with Crippen LogP contribution in [0.15, 0.2) is 83.8 Å². The quantitative estimate of drug-likeness (QED) is 0.273. The van der Waals surface area contributed by atoms with Crippen molar-refractivity contribution in [1.29, 1.82) is 0 Å². The number of carbonyl (C=O) groups excluding carboxylic acids is 2. The van der Waals surface area contributed by atoms with Crippen molar-refractivity contribution in [3.8, 4) is 0 Å². The number of unbranched alkanes of at least 4 members (excludes halogenated alkanes) is 1. The number of sulfonamides is 1. The van der Waals surface area contributed by atoms with E-state index < -0.39 is 28.5 Å². The Kier molecular flexibility index (Phi) is 10.9. The molecule has 0 aliphatic rings. The molecule has 0 bridgehead atoms. The van der Waals surface area contributed by atoms with Gasteiger partial charge in [0.05, 0.1) is 10.6 Å². The molecular formula is C30H36ClN3O4S. The van der Waals surface area contributed by atoms with Crippen molar-refractivity contribution in [2.45, 2.75) is 57.5 Å². The number of carbonyl (C=O) groups is 2. The zero-order valence-electron chi connectivity index (χ0n) is 22.6. The highest BCUT2D eigenvalue weighted by atomic mass is 35.5. The fourth-order valence-corrected chi connectivity index (χ4v) is 5.71. The minimum Gasteiger partial charge on any atom is -0.354 e. The van der Waals surface area contributed by atoms with Crippen molar-refractivity contribution < 1.29 is 18.0 Å². The van der Waals surface area contributed by atoms with E-state index in [1.54, 1.807) is 30.3 Å². The third-order valence-corrected chi connectivity index (χ3v) is 8.45.